The molecular formula is C12H18ClFN2. The van der Waals surface area contributed by atoms with Gasteiger partial charge >= 0.3 is 0 Å². The van der Waals surface area contributed by atoms with Crippen LogP contribution in [0.2, 0.25) is 5.02 Å². The third-order valence-corrected chi connectivity index (χ3v) is 3.29. The molecule has 2 nitrogen and oxygen atoms in total. The predicted molar refractivity (Wildman–Crippen MR) is 65.5 cm³/mol. The first-order valence-electron chi connectivity index (χ1n) is 5.38. The number of hydrogen-bond acceptors (Lipinski definition) is 2. The Hall–Kier alpha value is -0.640. The number of hydrogen-bond donors (Lipinski definition) is 2. The monoisotopic (exact) mass is 244 g/mol. The summed E-state index contributed by atoms with van der Waals surface area (Å²) in [4.78, 5) is 0. The van der Waals surface area contributed by atoms with Crippen LogP contribution in [0.15, 0.2) is 18.2 Å². The minimum atomic E-state index is -0.317. The summed E-state index contributed by atoms with van der Waals surface area (Å²) in [5.74, 6) is 5.83. The van der Waals surface area contributed by atoms with Crippen molar-refractivity contribution in [1.82, 2.24) is 5.43 Å². The van der Waals surface area contributed by atoms with Gasteiger partial charge in [-0.3, -0.25) is 11.3 Å². The highest BCUT2D eigenvalue weighted by Crippen LogP contribution is 2.29. The molecule has 16 heavy (non-hydrogen) atoms. The molecule has 0 aliphatic heterocycles. The summed E-state index contributed by atoms with van der Waals surface area (Å²) in [6, 6.07) is 4.48. The van der Waals surface area contributed by atoms with Crippen molar-refractivity contribution in [3.8, 4) is 0 Å². The predicted octanol–water partition coefficient (Wildman–Crippen LogP) is 3.28. The fourth-order valence-corrected chi connectivity index (χ4v) is 1.82. The molecule has 0 amide bonds. The third kappa shape index (κ3) is 2.94. The SMILES string of the molecule is CC(C)C(C)C(NN)c1ccc(Cl)cc1F. The normalized spacial score (nSPS) is 15.2. The van der Waals surface area contributed by atoms with Gasteiger partial charge in [-0.1, -0.05) is 38.4 Å². The van der Waals surface area contributed by atoms with Crippen molar-refractivity contribution in [1.29, 1.82) is 0 Å². The molecule has 2 unspecified atom stereocenters. The average molecular weight is 245 g/mol. The van der Waals surface area contributed by atoms with Crippen LogP contribution in [0.4, 0.5) is 4.39 Å². The van der Waals surface area contributed by atoms with Gasteiger partial charge in [0.1, 0.15) is 5.82 Å². The summed E-state index contributed by atoms with van der Waals surface area (Å²) in [5, 5.41) is 0.397. The van der Waals surface area contributed by atoms with E-state index in [-0.39, 0.29) is 17.8 Å². The Labute approximate surface area is 101 Å². The lowest BCUT2D eigenvalue weighted by Crippen LogP contribution is -2.35. The second-order valence-corrected chi connectivity index (χ2v) is 4.85. The van der Waals surface area contributed by atoms with E-state index in [9.17, 15) is 4.39 Å². The van der Waals surface area contributed by atoms with E-state index in [1.807, 2.05) is 6.92 Å². The first-order valence-corrected chi connectivity index (χ1v) is 5.76. The van der Waals surface area contributed by atoms with E-state index in [4.69, 9.17) is 17.4 Å². The molecule has 1 rings (SSSR count). The maximum absolute atomic E-state index is 13.7. The summed E-state index contributed by atoms with van der Waals surface area (Å²) >= 11 is 5.72. The lowest BCUT2D eigenvalue weighted by Gasteiger charge is -2.27. The first kappa shape index (κ1) is 13.4. The van der Waals surface area contributed by atoms with Crippen LogP contribution in [0.3, 0.4) is 0 Å². The van der Waals surface area contributed by atoms with Crippen LogP contribution in [-0.2, 0) is 0 Å². The Bertz CT molecular complexity index is 355. The summed E-state index contributed by atoms with van der Waals surface area (Å²) in [5.41, 5.74) is 3.24. The highest BCUT2D eigenvalue weighted by Gasteiger charge is 2.23. The van der Waals surface area contributed by atoms with Gasteiger partial charge in [0.2, 0.25) is 0 Å². The Morgan fingerprint density at radius 1 is 1.31 bits per heavy atom. The van der Waals surface area contributed by atoms with Gasteiger partial charge in [-0.15, -0.1) is 0 Å². The van der Waals surface area contributed by atoms with Gasteiger partial charge < -0.3 is 0 Å². The van der Waals surface area contributed by atoms with Gasteiger partial charge in [0.25, 0.3) is 0 Å². The molecule has 2 atom stereocenters. The van der Waals surface area contributed by atoms with Gasteiger partial charge in [0.15, 0.2) is 0 Å². The van der Waals surface area contributed by atoms with E-state index in [0.29, 0.717) is 16.5 Å². The molecule has 0 spiro atoms. The van der Waals surface area contributed by atoms with Crippen molar-refractivity contribution < 1.29 is 4.39 Å². The van der Waals surface area contributed by atoms with Gasteiger partial charge in [-0.05, 0) is 24.0 Å². The highest BCUT2D eigenvalue weighted by molar-refractivity contribution is 6.30. The first-order chi connectivity index (χ1) is 7.47. The lowest BCUT2D eigenvalue weighted by atomic mass is 9.86. The smallest absolute Gasteiger partial charge is 0.129 e. The average Bonchev–Trinajstić information content (AvgIpc) is 2.21. The molecule has 3 N–H and O–H groups in total. The maximum Gasteiger partial charge on any atom is 0.129 e. The molecule has 1 aromatic rings. The zero-order valence-corrected chi connectivity index (χ0v) is 10.6. The molecule has 0 aliphatic carbocycles. The highest BCUT2D eigenvalue weighted by atomic mass is 35.5. The van der Waals surface area contributed by atoms with Crippen LogP contribution in [0.25, 0.3) is 0 Å². The van der Waals surface area contributed by atoms with Crippen LogP contribution < -0.4 is 11.3 Å². The number of halogens is 2. The number of benzene rings is 1. The quantitative estimate of drug-likeness (QED) is 0.630. The molecule has 0 bridgehead atoms. The Morgan fingerprint density at radius 3 is 2.38 bits per heavy atom. The minimum Gasteiger partial charge on any atom is -0.271 e. The van der Waals surface area contributed by atoms with E-state index in [1.165, 1.54) is 6.07 Å². The van der Waals surface area contributed by atoms with Crippen molar-refractivity contribution in [3.05, 3.63) is 34.6 Å². The Kier molecular flexibility index (Phi) is 4.71. The summed E-state index contributed by atoms with van der Waals surface area (Å²) in [7, 11) is 0. The van der Waals surface area contributed by atoms with Gasteiger partial charge in [0.05, 0.1) is 6.04 Å². The van der Waals surface area contributed by atoms with Gasteiger partial charge in [0, 0.05) is 10.6 Å². The Morgan fingerprint density at radius 2 is 1.94 bits per heavy atom. The maximum atomic E-state index is 13.7. The fraction of sp³-hybridized carbons (Fsp3) is 0.500. The van der Waals surface area contributed by atoms with E-state index in [1.54, 1.807) is 12.1 Å². The minimum absolute atomic E-state index is 0.197. The number of nitrogens with one attached hydrogen (secondary N) is 1. The van der Waals surface area contributed by atoms with Crippen LogP contribution in [0, 0.1) is 17.7 Å². The molecule has 0 fully saturated rings. The standard InChI is InChI=1S/C12H18ClFN2/c1-7(2)8(3)12(16-15)10-5-4-9(13)6-11(10)14/h4-8,12,16H,15H2,1-3H3. The third-order valence-electron chi connectivity index (χ3n) is 3.05. The Balaban J connectivity index is 3.04. The van der Waals surface area contributed by atoms with Gasteiger partial charge in [-0.2, -0.15) is 0 Å². The number of nitrogens with two attached hydrogens (primary N) is 1. The van der Waals surface area contributed by atoms with Crippen molar-refractivity contribution in [2.24, 2.45) is 17.7 Å². The fourth-order valence-electron chi connectivity index (χ4n) is 1.66. The zero-order valence-electron chi connectivity index (χ0n) is 9.80. The van der Waals surface area contributed by atoms with E-state index >= 15 is 0 Å². The van der Waals surface area contributed by atoms with Crippen molar-refractivity contribution in [2.75, 3.05) is 0 Å². The molecule has 90 valence electrons. The number of hydrazine groups is 1. The second kappa shape index (κ2) is 5.62. The number of rotatable bonds is 4. The van der Waals surface area contributed by atoms with E-state index in [2.05, 4.69) is 19.3 Å². The molecule has 0 saturated carbocycles. The van der Waals surface area contributed by atoms with Crippen molar-refractivity contribution >= 4 is 11.6 Å². The largest absolute Gasteiger partial charge is 0.271 e. The molecule has 1 aromatic carbocycles. The van der Waals surface area contributed by atoms with E-state index in [0.717, 1.165) is 0 Å². The summed E-state index contributed by atoms with van der Waals surface area (Å²) < 4.78 is 13.7. The van der Waals surface area contributed by atoms with Crippen molar-refractivity contribution in [3.63, 3.8) is 0 Å². The van der Waals surface area contributed by atoms with Crippen LogP contribution >= 0.6 is 11.6 Å². The summed E-state index contributed by atoms with van der Waals surface area (Å²) in [6.45, 7) is 6.22. The topological polar surface area (TPSA) is 38.0 Å². The van der Waals surface area contributed by atoms with E-state index < -0.39 is 0 Å². The molecule has 0 heterocycles. The molecule has 0 radical (unpaired) electrons. The van der Waals surface area contributed by atoms with Gasteiger partial charge in [-0.25, -0.2) is 4.39 Å². The van der Waals surface area contributed by atoms with Crippen LogP contribution in [-0.4, -0.2) is 0 Å². The van der Waals surface area contributed by atoms with Crippen molar-refractivity contribution in [2.45, 2.75) is 26.8 Å². The van der Waals surface area contributed by atoms with Crippen LogP contribution in [0.1, 0.15) is 32.4 Å². The molecule has 0 aromatic heterocycles. The molecule has 0 aliphatic rings. The lowest BCUT2D eigenvalue weighted by molar-refractivity contribution is 0.300. The summed E-state index contributed by atoms with van der Waals surface area (Å²) in [6.07, 6.45) is 0. The second-order valence-electron chi connectivity index (χ2n) is 4.41. The molecule has 4 heteroatoms. The zero-order chi connectivity index (χ0) is 12.3. The molecular weight excluding hydrogens is 227 g/mol. The molecule has 0 saturated heterocycles. The van der Waals surface area contributed by atoms with Crippen LogP contribution in [0.5, 0.6) is 0 Å².